The summed E-state index contributed by atoms with van der Waals surface area (Å²) in [6.07, 6.45) is 4.86. The fourth-order valence-corrected chi connectivity index (χ4v) is 2.12. The molecule has 124 valence electrons. The standard InChI is InChI=1S/C16H21N3O4/c1-2-23-16(22)8-13(11-4-3-7-17-10-11)19-15(21)9-14(20)18-12-5-6-12/h3-4,7,10,12-13H,2,5-6,8-9H2,1H3,(H,18,20)(H,19,21)/t13-/m1/s1. The predicted molar refractivity (Wildman–Crippen MR) is 82.2 cm³/mol. The molecule has 1 heterocycles. The number of carbonyl (C=O) groups excluding carboxylic acids is 3. The highest BCUT2D eigenvalue weighted by Gasteiger charge is 2.25. The minimum atomic E-state index is -0.566. The zero-order valence-corrected chi connectivity index (χ0v) is 13.1. The summed E-state index contributed by atoms with van der Waals surface area (Å²) < 4.78 is 4.93. The van der Waals surface area contributed by atoms with Crippen LogP contribution in [0.5, 0.6) is 0 Å². The van der Waals surface area contributed by atoms with Crippen molar-refractivity contribution in [2.24, 2.45) is 0 Å². The van der Waals surface area contributed by atoms with Gasteiger partial charge in [0, 0.05) is 18.4 Å². The van der Waals surface area contributed by atoms with E-state index in [-0.39, 0.29) is 31.4 Å². The number of hydrogen-bond donors (Lipinski definition) is 2. The Kier molecular flexibility index (Phi) is 6.08. The van der Waals surface area contributed by atoms with Gasteiger partial charge in [0.1, 0.15) is 6.42 Å². The molecular formula is C16H21N3O4. The second-order valence-electron chi connectivity index (χ2n) is 5.43. The predicted octanol–water partition coefficient (Wildman–Crippen LogP) is 0.861. The van der Waals surface area contributed by atoms with Crippen molar-refractivity contribution >= 4 is 17.8 Å². The fraction of sp³-hybridized carbons (Fsp3) is 0.500. The van der Waals surface area contributed by atoms with Crippen LogP contribution < -0.4 is 10.6 Å². The number of hydrogen-bond acceptors (Lipinski definition) is 5. The Labute approximate surface area is 134 Å². The molecule has 0 bridgehead atoms. The molecule has 0 spiro atoms. The normalized spacial score (nSPS) is 14.7. The molecule has 23 heavy (non-hydrogen) atoms. The van der Waals surface area contributed by atoms with E-state index < -0.39 is 17.9 Å². The minimum Gasteiger partial charge on any atom is -0.466 e. The van der Waals surface area contributed by atoms with Gasteiger partial charge in [0.15, 0.2) is 0 Å². The fourth-order valence-electron chi connectivity index (χ4n) is 2.12. The van der Waals surface area contributed by atoms with E-state index in [1.807, 2.05) is 0 Å². The van der Waals surface area contributed by atoms with Crippen LogP contribution in [0.3, 0.4) is 0 Å². The number of aromatic nitrogens is 1. The van der Waals surface area contributed by atoms with Crippen molar-refractivity contribution in [3.63, 3.8) is 0 Å². The molecule has 7 nitrogen and oxygen atoms in total. The summed E-state index contributed by atoms with van der Waals surface area (Å²) in [4.78, 5) is 39.4. The Hall–Kier alpha value is -2.44. The average molecular weight is 319 g/mol. The highest BCUT2D eigenvalue weighted by Crippen LogP contribution is 2.19. The quantitative estimate of drug-likeness (QED) is 0.547. The summed E-state index contributed by atoms with van der Waals surface area (Å²) in [5, 5.41) is 5.46. The Morgan fingerprint density at radius 2 is 2.13 bits per heavy atom. The van der Waals surface area contributed by atoms with E-state index >= 15 is 0 Å². The number of amides is 2. The number of ether oxygens (including phenoxy) is 1. The third-order valence-electron chi connectivity index (χ3n) is 3.36. The van der Waals surface area contributed by atoms with Gasteiger partial charge in [0.25, 0.3) is 0 Å². The monoisotopic (exact) mass is 319 g/mol. The number of rotatable bonds is 8. The molecule has 2 N–H and O–H groups in total. The van der Waals surface area contributed by atoms with Gasteiger partial charge in [-0.3, -0.25) is 19.4 Å². The second kappa shape index (κ2) is 8.26. The molecule has 2 amide bonds. The number of nitrogens with one attached hydrogen (secondary N) is 2. The Morgan fingerprint density at radius 3 is 2.74 bits per heavy atom. The molecule has 1 aromatic heterocycles. The van der Waals surface area contributed by atoms with Gasteiger partial charge in [-0.25, -0.2) is 0 Å². The van der Waals surface area contributed by atoms with Crippen LogP contribution in [0.2, 0.25) is 0 Å². The first-order valence-corrected chi connectivity index (χ1v) is 7.72. The van der Waals surface area contributed by atoms with Crippen LogP contribution in [0.25, 0.3) is 0 Å². The second-order valence-corrected chi connectivity index (χ2v) is 5.43. The van der Waals surface area contributed by atoms with E-state index in [4.69, 9.17) is 4.74 Å². The smallest absolute Gasteiger partial charge is 0.308 e. The Morgan fingerprint density at radius 1 is 1.35 bits per heavy atom. The lowest BCUT2D eigenvalue weighted by molar-refractivity contribution is -0.143. The first-order chi connectivity index (χ1) is 11.1. The molecule has 2 rings (SSSR count). The summed E-state index contributed by atoms with van der Waals surface area (Å²) in [5.41, 5.74) is 0.691. The maximum Gasteiger partial charge on any atom is 0.308 e. The molecule has 1 aliphatic carbocycles. The molecular weight excluding hydrogens is 298 g/mol. The van der Waals surface area contributed by atoms with Crippen molar-refractivity contribution in [1.82, 2.24) is 15.6 Å². The minimum absolute atomic E-state index is 0.00445. The maximum absolute atomic E-state index is 12.0. The summed E-state index contributed by atoms with van der Waals surface area (Å²) in [5.74, 6) is -1.14. The largest absolute Gasteiger partial charge is 0.466 e. The van der Waals surface area contributed by atoms with E-state index in [0.29, 0.717) is 5.56 Å². The first-order valence-electron chi connectivity index (χ1n) is 7.72. The lowest BCUT2D eigenvalue weighted by Gasteiger charge is -2.18. The van der Waals surface area contributed by atoms with Crippen molar-refractivity contribution in [3.8, 4) is 0 Å². The average Bonchev–Trinajstić information content (AvgIpc) is 3.31. The topological polar surface area (TPSA) is 97.4 Å². The van der Waals surface area contributed by atoms with E-state index in [2.05, 4.69) is 15.6 Å². The Bertz CT molecular complexity index is 558. The maximum atomic E-state index is 12.0. The third kappa shape index (κ3) is 6.06. The van der Waals surface area contributed by atoms with E-state index in [1.54, 1.807) is 31.5 Å². The molecule has 0 radical (unpaired) electrons. The van der Waals surface area contributed by atoms with Gasteiger partial charge in [-0.2, -0.15) is 0 Å². The van der Waals surface area contributed by atoms with Crippen LogP contribution >= 0.6 is 0 Å². The lowest BCUT2D eigenvalue weighted by atomic mass is 10.1. The highest BCUT2D eigenvalue weighted by atomic mass is 16.5. The van der Waals surface area contributed by atoms with Crippen LogP contribution in [0.4, 0.5) is 0 Å². The van der Waals surface area contributed by atoms with E-state index in [1.165, 1.54) is 0 Å². The van der Waals surface area contributed by atoms with Crippen molar-refractivity contribution in [3.05, 3.63) is 30.1 Å². The van der Waals surface area contributed by atoms with Gasteiger partial charge >= 0.3 is 5.97 Å². The van der Waals surface area contributed by atoms with Crippen molar-refractivity contribution in [2.45, 2.75) is 44.7 Å². The molecule has 0 saturated heterocycles. The van der Waals surface area contributed by atoms with Crippen LogP contribution in [-0.2, 0) is 19.1 Å². The zero-order chi connectivity index (χ0) is 16.7. The number of esters is 1. The molecule has 7 heteroatoms. The van der Waals surface area contributed by atoms with Gasteiger partial charge in [-0.1, -0.05) is 6.07 Å². The number of pyridine rings is 1. The van der Waals surface area contributed by atoms with Gasteiger partial charge < -0.3 is 15.4 Å². The van der Waals surface area contributed by atoms with Crippen LogP contribution in [0.1, 0.15) is 44.2 Å². The molecule has 0 unspecified atom stereocenters. The summed E-state index contributed by atoms with van der Waals surface area (Å²) in [6.45, 7) is 1.99. The first kappa shape index (κ1) is 16.9. The van der Waals surface area contributed by atoms with Crippen molar-refractivity contribution in [1.29, 1.82) is 0 Å². The van der Waals surface area contributed by atoms with E-state index in [9.17, 15) is 14.4 Å². The van der Waals surface area contributed by atoms with E-state index in [0.717, 1.165) is 12.8 Å². The summed E-state index contributed by atoms with van der Waals surface area (Å²) >= 11 is 0. The molecule has 1 saturated carbocycles. The van der Waals surface area contributed by atoms with Gasteiger partial charge in [0.2, 0.25) is 11.8 Å². The van der Waals surface area contributed by atoms with Crippen LogP contribution in [-0.4, -0.2) is 35.4 Å². The molecule has 0 aromatic carbocycles. The Balaban J connectivity index is 1.94. The molecule has 1 fully saturated rings. The van der Waals surface area contributed by atoms with Crippen molar-refractivity contribution < 1.29 is 19.1 Å². The SMILES string of the molecule is CCOC(=O)C[C@@H](NC(=O)CC(=O)NC1CC1)c1cccnc1. The number of nitrogens with zero attached hydrogens (tertiary/aromatic N) is 1. The summed E-state index contributed by atoms with van der Waals surface area (Å²) in [6, 6.07) is 3.13. The molecule has 1 aromatic rings. The molecule has 1 aliphatic rings. The lowest BCUT2D eigenvalue weighted by Crippen LogP contribution is -2.35. The number of carbonyl (C=O) groups is 3. The van der Waals surface area contributed by atoms with Gasteiger partial charge in [-0.05, 0) is 31.4 Å². The molecule has 0 aliphatic heterocycles. The molecule has 1 atom stereocenters. The van der Waals surface area contributed by atoms with Gasteiger partial charge in [0.05, 0.1) is 19.1 Å². The summed E-state index contributed by atoms with van der Waals surface area (Å²) in [7, 11) is 0. The highest BCUT2D eigenvalue weighted by molar-refractivity contribution is 5.97. The van der Waals surface area contributed by atoms with Gasteiger partial charge in [-0.15, -0.1) is 0 Å². The zero-order valence-electron chi connectivity index (χ0n) is 13.1. The van der Waals surface area contributed by atoms with Crippen molar-refractivity contribution in [2.75, 3.05) is 6.61 Å². The van der Waals surface area contributed by atoms with Crippen LogP contribution in [0, 0.1) is 0 Å². The van der Waals surface area contributed by atoms with Crippen LogP contribution in [0.15, 0.2) is 24.5 Å². The third-order valence-corrected chi connectivity index (χ3v) is 3.36.